The molecular weight excluding hydrogens is 188 g/mol. The molecule has 2 unspecified atom stereocenters. The van der Waals surface area contributed by atoms with Crippen LogP contribution >= 0.6 is 12.4 Å². The number of halogens is 1. The minimum absolute atomic E-state index is 0. The van der Waals surface area contributed by atoms with Crippen LogP contribution in [0.15, 0.2) is 24.3 Å². The molecule has 0 spiro atoms. The van der Waals surface area contributed by atoms with E-state index in [0.29, 0.717) is 0 Å². The zero-order valence-electron chi connectivity index (χ0n) is 7.34. The van der Waals surface area contributed by atoms with E-state index in [9.17, 15) is 5.11 Å². The van der Waals surface area contributed by atoms with Gasteiger partial charge in [-0.05, 0) is 11.6 Å². The van der Waals surface area contributed by atoms with Crippen LogP contribution in [0, 0.1) is 0 Å². The van der Waals surface area contributed by atoms with Crippen LogP contribution in [0.5, 0.6) is 0 Å². The molecule has 2 atom stereocenters. The third-order valence-corrected chi connectivity index (χ3v) is 2.39. The van der Waals surface area contributed by atoms with E-state index >= 15 is 0 Å². The van der Waals surface area contributed by atoms with Crippen molar-refractivity contribution in [2.45, 2.75) is 12.3 Å². The molecule has 0 bridgehead atoms. The van der Waals surface area contributed by atoms with Gasteiger partial charge < -0.3 is 15.7 Å². The minimum Gasteiger partial charge on any atom is -0.372 e. The zero-order chi connectivity index (χ0) is 8.72. The third kappa shape index (κ3) is 1.39. The lowest BCUT2D eigenvalue weighted by atomic mass is 10.1. The van der Waals surface area contributed by atoms with Gasteiger partial charge in [0.2, 0.25) is 0 Å². The second-order valence-electron chi connectivity index (χ2n) is 3.11. The number of rotatable bonds is 0. The van der Waals surface area contributed by atoms with Crippen LogP contribution < -0.4 is 10.6 Å². The van der Waals surface area contributed by atoms with Crippen LogP contribution in [0.4, 0.5) is 5.69 Å². The maximum atomic E-state index is 9.59. The second-order valence-corrected chi connectivity index (χ2v) is 3.11. The van der Waals surface area contributed by atoms with E-state index < -0.39 is 6.23 Å². The lowest BCUT2D eigenvalue weighted by molar-refractivity contribution is 0.157. The second kappa shape index (κ2) is 3.54. The van der Waals surface area contributed by atoms with Gasteiger partial charge in [0, 0.05) is 12.7 Å². The standard InChI is InChI=1S/C9H12N2O.ClH/c1-11-7-5-3-2-4-6(7)8(10)9(11)12;/h2-5,8-9,12H,10H2,1H3;1H. The van der Waals surface area contributed by atoms with Gasteiger partial charge in [-0.3, -0.25) is 0 Å². The summed E-state index contributed by atoms with van der Waals surface area (Å²) in [7, 11) is 1.84. The Kier molecular flexibility index (Phi) is 2.81. The molecule has 13 heavy (non-hydrogen) atoms. The lowest BCUT2D eigenvalue weighted by Gasteiger charge is -2.18. The fourth-order valence-electron chi connectivity index (χ4n) is 1.63. The predicted octanol–water partition coefficient (Wildman–Crippen LogP) is 0.876. The monoisotopic (exact) mass is 200 g/mol. The van der Waals surface area contributed by atoms with Gasteiger partial charge >= 0.3 is 0 Å². The number of hydrogen-bond donors (Lipinski definition) is 2. The van der Waals surface area contributed by atoms with E-state index in [2.05, 4.69) is 0 Å². The smallest absolute Gasteiger partial charge is 0.146 e. The molecule has 72 valence electrons. The maximum absolute atomic E-state index is 9.59. The summed E-state index contributed by atoms with van der Waals surface area (Å²) in [4.78, 5) is 1.79. The van der Waals surface area contributed by atoms with E-state index in [0.717, 1.165) is 11.3 Å². The number of benzene rings is 1. The highest BCUT2D eigenvalue weighted by atomic mass is 35.5. The Bertz CT molecular complexity index is 276. The van der Waals surface area contributed by atoms with Crippen LogP contribution in [0.2, 0.25) is 0 Å². The SMILES string of the molecule is CN1c2ccccc2C(N)C1O.Cl. The number of anilines is 1. The van der Waals surface area contributed by atoms with Crippen molar-refractivity contribution in [3.05, 3.63) is 29.8 Å². The molecule has 0 aliphatic carbocycles. The summed E-state index contributed by atoms with van der Waals surface area (Å²) < 4.78 is 0. The van der Waals surface area contributed by atoms with Gasteiger partial charge in [-0.15, -0.1) is 12.4 Å². The Balaban J connectivity index is 0.000000845. The number of hydrogen-bond acceptors (Lipinski definition) is 3. The summed E-state index contributed by atoms with van der Waals surface area (Å²) in [5.74, 6) is 0. The highest BCUT2D eigenvalue weighted by molar-refractivity contribution is 5.85. The quantitative estimate of drug-likeness (QED) is 0.654. The normalized spacial score (nSPS) is 25.3. The summed E-state index contributed by atoms with van der Waals surface area (Å²) in [6, 6.07) is 7.52. The van der Waals surface area contributed by atoms with Crippen LogP contribution in [0.1, 0.15) is 11.6 Å². The third-order valence-electron chi connectivity index (χ3n) is 2.39. The Hall–Kier alpha value is -0.770. The average molecular weight is 201 g/mol. The van der Waals surface area contributed by atoms with Gasteiger partial charge in [-0.2, -0.15) is 0 Å². The molecule has 1 aromatic rings. The topological polar surface area (TPSA) is 49.5 Å². The predicted molar refractivity (Wildman–Crippen MR) is 55.0 cm³/mol. The summed E-state index contributed by atoms with van der Waals surface area (Å²) in [5, 5.41) is 9.59. The van der Waals surface area contributed by atoms with Crippen molar-refractivity contribution in [1.82, 2.24) is 0 Å². The maximum Gasteiger partial charge on any atom is 0.146 e. The molecule has 3 N–H and O–H groups in total. The van der Waals surface area contributed by atoms with Gasteiger partial charge in [0.15, 0.2) is 0 Å². The van der Waals surface area contributed by atoms with Crippen LogP contribution in [0.3, 0.4) is 0 Å². The number of aliphatic hydroxyl groups is 1. The van der Waals surface area contributed by atoms with Crippen molar-refractivity contribution >= 4 is 18.1 Å². The van der Waals surface area contributed by atoms with E-state index in [4.69, 9.17) is 5.73 Å². The summed E-state index contributed by atoms with van der Waals surface area (Å²) in [6.07, 6.45) is -0.581. The number of para-hydroxylation sites is 1. The molecule has 0 amide bonds. The molecule has 0 saturated heterocycles. The molecule has 0 radical (unpaired) electrons. The van der Waals surface area contributed by atoms with Crippen molar-refractivity contribution in [3.8, 4) is 0 Å². The van der Waals surface area contributed by atoms with Crippen LogP contribution in [-0.2, 0) is 0 Å². The Morgan fingerprint density at radius 2 is 2.00 bits per heavy atom. The summed E-state index contributed by atoms with van der Waals surface area (Å²) in [5.41, 5.74) is 7.83. The van der Waals surface area contributed by atoms with Gasteiger partial charge in [0.05, 0.1) is 6.04 Å². The van der Waals surface area contributed by atoms with E-state index in [-0.39, 0.29) is 18.4 Å². The van der Waals surface area contributed by atoms with Crippen molar-refractivity contribution in [2.75, 3.05) is 11.9 Å². The van der Waals surface area contributed by atoms with Gasteiger partial charge in [-0.25, -0.2) is 0 Å². The van der Waals surface area contributed by atoms with Gasteiger partial charge in [0.1, 0.15) is 6.23 Å². The first kappa shape index (κ1) is 10.3. The molecule has 3 nitrogen and oxygen atoms in total. The number of nitrogens with zero attached hydrogens (tertiary/aromatic N) is 1. The molecule has 2 rings (SSSR count). The van der Waals surface area contributed by atoms with E-state index in [1.54, 1.807) is 4.90 Å². The van der Waals surface area contributed by atoms with E-state index in [1.165, 1.54) is 0 Å². The Morgan fingerprint density at radius 1 is 1.38 bits per heavy atom. The Labute approximate surface area is 83.6 Å². The molecule has 0 saturated carbocycles. The fourth-order valence-corrected chi connectivity index (χ4v) is 1.63. The van der Waals surface area contributed by atoms with Crippen LogP contribution in [-0.4, -0.2) is 18.4 Å². The average Bonchev–Trinajstić information content (AvgIpc) is 2.33. The van der Waals surface area contributed by atoms with Gasteiger partial charge in [0.25, 0.3) is 0 Å². The molecule has 1 aliphatic rings. The molecule has 4 heteroatoms. The molecular formula is C9H13ClN2O. The highest BCUT2D eigenvalue weighted by Gasteiger charge is 2.31. The molecule has 0 aromatic heterocycles. The van der Waals surface area contributed by atoms with Crippen molar-refractivity contribution in [3.63, 3.8) is 0 Å². The number of likely N-dealkylation sites (N-methyl/N-ethyl adjacent to an activating group) is 1. The first-order valence-electron chi connectivity index (χ1n) is 3.97. The summed E-state index contributed by atoms with van der Waals surface area (Å²) >= 11 is 0. The van der Waals surface area contributed by atoms with Gasteiger partial charge in [-0.1, -0.05) is 18.2 Å². The summed E-state index contributed by atoms with van der Waals surface area (Å²) in [6.45, 7) is 0. The number of aliphatic hydroxyl groups excluding tert-OH is 1. The lowest BCUT2D eigenvalue weighted by Crippen LogP contribution is -2.33. The number of fused-ring (bicyclic) bond motifs is 1. The van der Waals surface area contributed by atoms with Crippen LogP contribution in [0.25, 0.3) is 0 Å². The van der Waals surface area contributed by atoms with E-state index in [1.807, 2.05) is 31.3 Å². The van der Waals surface area contributed by atoms with Crippen molar-refractivity contribution in [1.29, 1.82) is 0 Å². The number of nitrogens with two attached hydrogens (primary N) is 1. The zero-order valence-corrected chi connectivity index (χ0v) is 8.16. The first-order chi connectivity index (χ1) is 5.72. The highest BCUT2D eigenvalue weighted by Crippen LogP contribution is 2.35. The van der Waals surface area contributed by atoms with Crippen molar-refractivity contribution < 1.29 is 5.11 Å². The largest absolute Gasteiger partial charge is 0.372 e. The first-order valence-corrected chi connectivity index (χ1v) is 3.97. The molecule has 1 aliphatic heterocycles. The minimum atomic E-state index is -0.581. The molecule has 0 fully saturated rings. The fraction of sp³-hybridized carbons (Fsp3) is 0.333. The molecule has 1 heterocycles. The Morgan fingerprint density at radius 3 is 2.62 bits per heavy atom. The molecule has 1 aromatic carbocycles. The van der Waals surface area contributed by atoms with Crippen molar-refractivity contribution in [2.24, 2.45) is 5.73 Å².